The van der Waals surface area contributed by atoms with Gasteiger partial charge in [-0.15, -0.1) is 0 Å². The standard InChI is InChI=1S/C10H14N2O3/c1-6-4-9(15-3)8(10(14)12-6)5-11-7(2)13/h4H,5H2,1-3H3,(H,11,13)(H,12,14). The van der Waals surface area contributed by atoms with E-state index in [9.17, 15) is 9.59 Å². The fourth-order valence-corrected chi connectivity index (χ4v) is 1.25. The van der Waals surface area contributed by atoms with Crippen molar-refractivity contribution in [1.29, 1.82) is 0 Å². The Balaban J connectivity index is 3.04. The molecule has 0 saturated carbocycles. The lowest BCUT2D eigenvalue weighted by molar-refractivity contribution is -0.119. The van der Waals surface area contributed by atoms with Gasteiger partial charge < -0.3 is 15.0 Å². The van der Waals surface area contributed by atoms with Gasteiger partial charge in [-0.05, 0) is 13.0 Å². The molecule has 0 unspecified atom stereocenters. The Morgan fingerprint density at radius 3 is 2.80 bits per heavy atom. The second-order valence-corrected chi connectivity index (χ2v) is 3.24. The van der Waals surface area contributed by atoms with Crippen LogP contribution in [0.1, 0.15) is 18.2 Å². The maximum Gasteiger partial charge on any atom is 0.256 e. The van der Waals surface area contributed by atoms with E-state index in [0.717, 1.165) is 5.69 Å². The van der Waals surface area contributed by atoms with Gasteiger partial charge >= 0.3 is 0 Å². The third-order valence-corrected chi connectivity index (χ3v) is 1.96. The molecule has 5 heteroatoms. The van der Waals surface area contributed by atoms with Crippen molar-refractivity contribution < 1.29 is 9.53 Å². The molecule has 0 spiro atoms. The van der Waals surface area contributed by atoms with Crippen molar-refractivity contribution in [2.45, 2.75) is 20.4 Å². The molecule has 1 rings (SSSR count). The fraction of sp³-hybridized carbons (Fsp3) is 0.400. The van der Waals surface area contributed by atoms with Crippen LogP contribution in [-0.2, 0) is 11.3 Å². The molecule has 2 N–H and O–H groups in total. The fourth-order valence-electron chi connectivity index (χ4n) is 1.25. The zero-order chi connectivity index (χ0) is 11.4. The van der Waals surface area contributed by atoms with Gasteiger partial charge in [0.15, 0.2) is 0 Å². The summed E-state index contributed by atoms with van der Waals surface area (Å²) in [5.41, 5.74) is 0.919. The van der Waals surface area contributed by atoms with Crippen molar-refractivity contribution in [1.82, 2.24) is 10.3 Å². The Labute approximate surface area is 87.5 Å². The van der Waals surface area contributed by atoms with Crippen LogP contribution in [0, 0.1) is 6.92 Å². The molecule has 5 nitrogen and oxygen atoms in total. The van der Waals surface area contributed by atoms with Gasteiger partial charge in [-0.1, -0.05) is 0 Å². The van der Waals surface area contributed by atoms with E-state index in [1.54, 1.807) is 13.0 Å². The summed E-state index contributed by atoms with van der Waals surface area (Å²) < 4.78 is 5.07. The van der Waals surface area contributed by atoms with E-state index in [2.05, 4.69) is 10.3 Å². The Morgan fingerprint density at radius 2 is 2.27 bits per heavy atom. The molecular weight excluding hydrogens is 196 g/mol. The minimum atomic E-state index is -0.236. The minimum absolute atomic E-state index is 0.175. The summed E-state index contributed by atoms with van der Waals surface area (Å²) in [6.07, 6.45) is 0. The average Bonchev–Trinajstić information content (AvgIpc) is 2.14. The first kappa shape index (κ1) is 11.3. The molecule has 1 heterocycles. The molecule has 0 aliphatic heterocycles. The molecule has 0 saturated heterocycles. The lowest BCUT2D eigenvalue weighted by Gasteiger charge is -2.08. The maximum atomic E-state index is 11.5. The smallest absolute Gasteiger partial charge is 0.256 e. The second kappa shape index (κ2) is 4.63. The van der Waals surface area contributed by atoms with Gasteiger partial charge in [0.05, 0.1) is 19.2 Å². The van der Waals surface area contributed by atoms with Crippen molar-refractivity contribution in [3.63, 3.8) is 0 Å². The molecule has 0 atom stereocenters. The number of aryl methyl sites for hydroxylation is 1. The molecular formula is C10H14N2O3. The average molecular weight is 210 g/mol. The number of hydrogen-bond acceptors (Lipinski definition) is 3. The van der Waals surface area contributed by atoms with E-state index < -0.39 is 0 Å². The highest BCUT2D eigenvalue weighted by Gasteiger charge is 2.08. The van der Waals surface area contributed by atoms with Gasteiger partial charge in [0.25, 0.3) is 5.56 Å². The summed E-state index contributed by atoms with van der Waals surface area (Å²) in [5, 5.41) is 2.56. The molecule has 1 aromatic rings. The van der Waals surface area contributed by atoms with Crippen LogP contribution >= 0.6 is 0 Å². The van der Waals surface area contributed by atoms with E-state index in [1.807, 2.05) is 0 Å². The van der Waals surface area contributed by atoms with Crippen LogP contribution in [0.25, 0.3) is 0 Å². The van der Waals surface area contributed by atoms with Crippen LogP contribution < -0.4 is 15.6 Å². The van der Waals surface area contributed by atoms with Crippen LogP contribution in [0.15, 0.2) is 10.9 Å². The number of carbonyl (C=O) groups excluding carboxylic acids is 1. The van der Waals surface area contributed by atoms with E-state index in [-0.39, 0.29) is 18.0 Å². The zero-order valence-corrected chi connectivity index (χ0v) is 9.01. The molecule has 82 valence electrons. The summed E-state index contributed by atoms with van der Waals surface area (Å²) in [5.74, 6) is 0.307. The summed E-state index contributed by atoms with van der Waals surface area (Å²) in [6, 6.07) is 1.72. The number of rotatable bonds is 3. The number of pyridine rings is 1. The van der Waals surface area contributed by atoms with Gasteiger partial charge in [0.2, 0.25) is 5.91 Å². The third kappa shape index (κ3) is 2.83. The summed E-state index contributed by atoms with van der Waals surface area (Å²) in [6.45, 7) is 3.34. The third-order valence-electron chi connectivity index (χ3n) is 1.96. The maximum absolute atomic E-state index is 11.5. The van der Waals surface area contributed by atoms with Crippen LogP contribution in [-0.4, -0.2) is 18.0 Å². The van der Waals surface area contributed by atoms with E-state index in [1.165, 1.54) is 14.0 Å². The van der Waals surface area contributed by atoms with Crippen molar-refractivity contribution in [3.8, 4) is 5.75 Å². The zero-order valence-electron chi connectivity index (χ0n) is 9.01. The predicted octanol–water partition coefficient (Wildman–Crippen LogP) is 0.328. The quantitative estimate of drug-likeness (QED) is 0.755. The first-order valence-electron chi connectivity index (χ1n) is 4.56. The number of aromatic amines is 1. The van der Waals surface area contributed by atoms with E-state index >= 15 is 0 Å². The molecule has 15 heavy (non-hydrogen) atoms. The Hall–Kier alpha value is -1.78. The molecule has 0 aliphatic rings. The Bertz CT molecular complexity index is 423. The summed E-state index contributed by atoms with van der Waals surface area (Å²) in [7, 11) is 1.49. The first-order chi connectivity index (χ1) is 7.04. The number of carbonyl (C=O) groups is 1. The molecule has 0 aliphatic carbocycles. The number of hydrogen-bond donors (Lipinski definition) is 2. The van der Waals surface area contributed by atoms with E-state index in [0.29, 0.717) is 11.3 Å². The topological polar surface area (TPSA) is 71.2 Å². The number of methoxy groups -OCH3 is 1. The van der Waals surface area contributed by atoms with Crippen molar-refractivity contribution in [2.24, 2.45) is 0 Å². The lowest BCUT2D eigenvalue weighted by Crippen LogP contribution is -2.25. The van der Waals surface area contributed by atoms with Gasteiger partial charge in [0.1, 0.15) is 5.75 Å². The number of amides is 1. The van der Waals surface area contributed by atoms with Gasteiger partial charge in [0, 0.05) is 12.6 Å². The van der Waals surface area contributed by atoms with Crippen molar-refractivity contribution >= 4 is 5.91 Å². The number of H-pyrrole nitrogens is 1. The highest BCUT2D eigenvalue weighted by Crippen LogP contribution is 2.14. The minimum Gasteiger partial charge on any atom is -0.496 e. The molecule has 1 aromatic heterocycles. The monoisotopic (exact) mass is 210 g/mol. The normalized spacial score (nSPS) is 9.80. The van der Waals surface area contributed by atoms with Crippen molar-refractivity contribution in [3.05, 3.63) is 27.7 Å². The summed E-state index contributed by atoms with van der Waals surface area (Å²) >= 11 is 0. The Kier molecular flexibility index (Phi) is 3.49. The SMILES string of the molecule is COc1cc(C)[nH]c(=O)c1CNC(C)=O. The lowest BCUT2D eigenvalue weighted by atomic mass is 10.2. The van der Waals surface area contributed by atoms with Crippen LogP contribution in [0.4, 0.5) is 0 Å². The number of ether oxygens (including phenoxy) is 1. The van der Waals surface area contributed by atoms with Crippen LogP contribution in [0.3, 0.4) is 0 Å². The second-order valence-electron chi connectivity index (χ2n) is 3.24. The molecule has 0 radical (unpaired) electrons. The van der Waals surface area contributed by atoms with Gasteiger partial charge in [-0.2, -0.15) is 0 Å². The first-order valence-corrected chi connectivity index (χ1v) is 4.56. The molecule has 0 fully saturated rings. The molecule has 0 bridgehead atoms. The predicted molar refractivity (Wildman–Crippen MR) is 55.9 cm³/mol. The van der Waals surface area contributed by atoms with Gasteiger partial charge in [-0.3, -0.25) is 9.59 Å². The van der Waals surface area contributed by atoms with Crippen LogP contribution in [0.2, 0.25) is 0 Å². The summed E-state index contributed by atoms with van der Waals surface area (Å²) in [4.78, 5) is 24.9. The highest BCUT2D eigenvalue weighted by atomic mass is 16.5. The molecule has 1 amide bonds. The van der Waals surface area contributed by atoms with Crippen LogP contribution in [0.5, 0.6) is 5.75 Å². The largest absolute Gasteiger partial charge is 0.496 e. The van der Waals surface area contributed by atoms with E-state index in [4.69, 9.17) is 4.74 Å². The highest BCUT2D eigenvalue weighted by molar-refractivity contribution is 5.72. The number of nitrogens with one attached hydrogen (secondary N) is 2. The van der Waals surface area contributed by atoms with Gasteiger partial charge in [-0.25, -0.2) is 0 Å². The molecule has 0 aromatic carbocycles. The number of aromatic nitrogens is 1. The Morgan fingerprint density at radius 1 is 1.60 bits per heavy atom. The van der Waals surface area contributed by atoms with Crippen molar-refractivity contribution in [2.75, 3.05) is 7.11 Å².